The number of hydrogen-bond acceptors (Lipinski definition) is 2. The Morgan fingerprint density at radius 3 is 1.93 bits per heavy atom. The summed E-state index contributed by atoms with van der Waals surface area (Å²) in [5.74, 6) is 0.783. The lowest BCUT2D eigenvalue weighted by Crippen LogP contribution is -2.38. The highest BCUT2D eigenvalue weighted by atomic mass is 35.5. The fourth-order valence-electron chi connectivity index (χ4n) is 1.69. The molecule has 0 unspecified atom stereocenters. The predicted molar refractivity (Wildman–Crippen MR) is 68.9 cm³/mol. The summed E-state index contributed by atoms with van der Waals surface area (Å²) < 4.78 is 11.5. The lowest BCUT2D eigenvalue weighted by Gasteiger charge is -2.25. The molecule has 0 fully saturated rings. The van der Waals surface area contributed by atoms with E-state index in [-0.39, 0.29) is 0 Å². The van der Waals surface area contributed by atoms with Gasteiger partial charge in [-0.05, 0) is 32.9 Å². The first-order valence-corrected chi connectivity index (χ1v) is 9.08. The van der Waals surface area contributed by atoms with Crippen LogP contribution in [-0.2, 0) is 8.85 Å². The second kappa shape index (κ2) is 9.64. The van der Waals surface area contributed by atoms with E-state index >= 15 is 0 Å². The van der Waals surface area contributed by atoms with Crippen molar-refractivity contribution >= 4 is 20.2 Å². The van der Waals surface area contributed by atoms with Crippen molar-refractivity contribution in [3.05, 3.63) is 0 Å². The van der Waals surface area contributed by atoms with Gasteiger partial charge in [0, 0.05) is 19.1 Å². The van der Waals surface area contributed by atoms with Gasteiger partial charge in [0.15, 0.2) is 0 Å². The van der Waals surface area contributed by atoms with E-state index in [0.29, 0.717) is 0 Å². The summed E-state index contributed by atoms with van der Waals surface area (Å²) in [6.07, 6.45) is 4.81. The lowest BCUT2D eigenvalue weighted by molar-refractivity contribution is 0.188. The molecule has 0 rings (SSSR count). The zero-order valence-electron chi connectivity index (χ0n) is 10.4. The van der Waals surface area contributed by atoms with Crippen LogP contribution in [0.1, 0.15) is 39.5 Å². The molecule has 0 amide bonds. The lowest BCUT2D eigenvalue weighted by atomic mass is 10.2. The molecule has 0 N–H and O–H groups in total. The quantitative estimate of drug-likeness (QED) is 0.333. The average molecular weight is 253 g/mol. The molecular weight excluding hydrogens is 228 g/mol. The minimum absolute atomic E-state index is 0.768. The Labute approximate surface area is 101 Å². The molecule has 0 aromatic rings. The molecule has 0 aliphatic heterocycles. The Kier molecular flexibility index (Phi) is 9.91. The highest BCUT2D eigenvalue weighted by molar-refractivity contribution is 6.66. The SMILES string of the molecule is CCO[Si](C)(CCCCCCCl)OCC. The number of alkyl halides is 1. The summed E-state index contributed by atoms with van der Waals surface area (Å²) in [5, 5.41) is 0. The molecule has 0 aliphatic carbocycles. The van der Waals surface area contributed by atoms with Crippen LogP contribution in [-0.4, -0.2) is 27.7 Å². The predicted octanol–water partition coefficient (Wildman–Crippen LogP) is 3.93. The van der Waals surface area contributed by atoms with Crippen LogP contribution in [0.25, 0.3) is 0 Å². The van der Waals surface area contributed by atoms with E-state index in [4.69, 9.17) is 20.5 Å². The van der Waals surface area contributed by atoms with Crippen molar-refractivity contribution in [3.63, 3.8) is 0 Å². The van der Waals surface area contributed by atoms with E-state index in [1.807, 2.05) is 13.8 Å². The number of halogens is 1. The minimum Gasteiger partial charge on any atom is -0.395 e. The first kappa shape index (κ1) is 15.4. The molecule has 0 spiro atoms. The molecule has 0 atom stereocenters. The van der Waals surface area contributed by atoms with E-state index in [1.165, 1.54) is 19.3 Å². The standard InChI is InChI=1S/C11H25ClO2Si/c1-4-13-15(3,14-5-2)11-9-7-6-8-10-12/h4-11H2,1-3H3. The third-order valence-electron chi connectivity index (χ3n) is 2.41. The van der Waals surface area contributed by atoms with Crippen LogP contribution in [0.5, 0.6) is 0 Å². The van der Waals surface area contributed by atoms with Crippen LogP contribution in [0.4, 0.5) is 0 Å². The third kappa shape index (κ3) is 8.26. The summed E-state index contributed by atoms with van der Waals surface area (Å²) in [6.45, 7) is 7.78. The summed E-state index contributed by atoms with van der Waals surface area (Å²) in [5.41, 5.74) is 0. The van der Waals surface area contributed by atoms with Gasteiger partial charge < -0.3 is 8.85 Å². The smallest absolute Gasteiger partial charge is 0.334 e. The van der Waals surface area contributed by atoms with Crippen LogP contribution in [0.2, 0.25) is 12.6 Å². The van der Waals surface area contributed by atoms with Crippen LogP contribution in [0.15, 0.2) is 0 Å². The highest BCUT2D eigenvalue weighted by Crippen LogP contribution is 2.18. The normalized spacial score (nSPS) is 12.0. The number of unbranched alkanes of at least 4 members (excludes halogenated alkanes) is 3. The molecule has 0 aliphatic rings. The highest BCUT2D eigenvalue weighted by Gasteiger charge is 2.29. The minimum atomic E-state index is -1.84. The number of hydrogen-bond donors (Lipinski definition) is 0. The molecule has 0 aromatic heterocycles. The van der Waals surface area contributed by atoms with E-state index < -0.39 is 8.56 Å². The number of rotatable bonds is 10. The van der Waals surface area contributed by atoms with Crippen molar-refractivity contribution in [2.45, 2.75) is 52.1 Å². The van der Waals surface area contributed by atoms with E-state index in [1.54, 1.807) is 0 Å². The van der Waals surface area contributed by atoms with Gasteiger partial charge in [0.1, 0.15) is 0 Å². The van der Waals surface area contributed by atoms with Crippen molar-refractivity contribution in [3.8, 4) is 0 Å². The molecule has 0 bridgehead atoms. The fourth-order valence-corrected chi connectivity index (χ4v) is 4.37. The van der Waals surface area contributed by atoms with E-state index in [0.717, 1.165) is 31.6 Å². The Morgan fingerprint density at radius 2 is 1.47 bits per heavy atom. The van der Waals surface area contributed by atoms with Crippen molar-refractivity contribution in [1.82, 2.24) is 0 Å². The Bertz CT molecular complexity index is 139. The summed E-state index contributed by atoms with van der Waals surface area (Å²) in [4.78, 5) is 0. The molecule has 4 heteroatoms. The van der Waals surface area contributed by atoms with Crippen molar-refractivity contribution in [1.29, 1.82) is 0 Å². The van der Waals surface area contributed by atoms with Gasteiger partial charge in [-0.2, -0.15) is 0 Å². The van der Waals surface area contributed by atoms with E-state index in [9.17, 15) is 0 Å². The van der Waals surface area contributed by atoms with Crippen LogP contribution < -0.4 is 0 Å². The van der Waals surface area contributed by atoms with Gasteiger partial charge in [-0.1, -0.05) is 19.3 Å². The second-order valence-electron chi connectivity index (χ2n) is 3.85. The fraction of sp³-hybridized carbons (Fsp3) is 1.00. The second-order valence-corrected chi connectivity index (χ2v) is 7.58. The first-order valence-electron chi connectivity index (χ1n) is 6.02. The molecular formula is C11H25ClO2Si. The summed E-state index contributed by atoms with van der Waals surface area (Å²) >= 11 is 5.63. The van der Waals surface area contributed by atoms with Gasteiger partial charge in [-0.15, -0.1) is 11.6 Å². The molecule has 0 heterocycles. The Morgan fingerprint density at radius 1 is 0.933 bits per heavy atom. The molecule has 0 aromatic carbocycles. The maximum Gasteiger partial charge on any atom is 0.334 e. The first-order chi connectivity index (χ1) is 7.18. The van der Waals surface area contributed by atoms with Crippen LogP contribution in [0.3, 0.4) is 0 Å². The van der Waals surface area contributed by atoms with Gasteiger partial charge in [0.2, 0.25) is 0 Å². The molecule has 92 valence electrons. The molecule has 0 radical (unpaired) electrons. The molecule has 2 nitrogen and oxygen atoms in total. The Hall–Kier alpha value is 0.427. The van der Waals surface area contributed by atoms with Crippen molar-refractivity contribution < 1.29 is 8.85 Å². The van der Waals surface area contributed by atoms with Gasteiger partial charge in [-0.25, -0.2) is 0 Å². The van der Waals surface area contributed by atoms with Crippen LogP contribution >= 0.6 is 11.6 Å². The average Bonchev–Trinajstić information content (AvgIpc) is 2.18. The van der Waals surface area contributed by atoms with Gasteiger partial charge in [0.05, 0.1) is 0 Å². The van der Waals surface area contributed by atoms with Gasteiger partial charge in [0.25, 0.3) is 0 Å². The van der Waals surface area contributed by atoms with Crippen molar-refractivity contribution in [2.24, 2.45) is 0 Å². The van der Waals surface area contributed by atoms with E-state index in [2.05, 4.69) is 6.55 Å². The maximum absolute atomic E-state index is 5.77. The monoisotopic (exact) mass is 252 g/mol. The third-order valence-corrected chi connectivity index (χ3v) is 5.74. The Balaban J connectivity index is 3.65. The zero-order chi connectivity index (χ0) is 11.6. The summed E-state index contributed by atoms with van der Waals surface area (Å²) in [7, 11) is -1.84. The summed E-state index contributed by atoms with van der Waals surface area (Å²) in [6, 6.07) is 1.11. The van der Waals surface area contributed by atoms with Gasteiger partial charge >= 0.3 is 8.56 Å². The topological polar surface area (TPSA) is 18.5 Å². The van der Waals surface area contributed by atoms with Gasteiger partial charge in [-0.3, -0.25) is 0 Å². The molecule has 0 saturated carbocycles. The largest absolute Gasteiger partial charge is 0.395 e. The maximum atomic E-state index is 5.77. The molecule has 15 heavy (non-hydrogen) atoms. The molecule has 0 saturated heterocycles. The van der Waals surface area contributed by atoms with Crippen LogP contribution in [0, 0.1) is 0 Å². The zero-order valence-corrected chi connectivity index (χ0v) is 12.1. The van der Waals surface area contributed by atoms with Crippen molar-refractivity contribution in [2.75, 3.05) is 19.1 Å².